The van der Waals surface area contributed by atoms with E-state index in [0.717, 1.165) is 0 Å². The minimum atomic E-state index is -1.69. The average Bonchev–Trinajstić information content (AvgIpc) is 1.39. The van der Waals surface area contributed by atoms with E-state index in [4.69, 9.17) is 28.7 Å². The van der Waals surface area contributed by atoms with Crippen LogP contribution in [0.25, 0.3) is 6.08 Å². The van der Waals surface area contributed by atoms with Gasteiger partial charge in [0, 0.05) is 39.0 Å². The zero-order valence-corrected chi connectivity index (χ0v) is 51.1. The maximum atomic E-state index is 14.2. The molecular weight excluding hydrogens is 1230 g/mol. The molecule has 12 amide bonds. The van der Waals surface area contributed by atoms with Gasteiger partial charge in [0.25, 0.3) is 23.6 Å². The number of carbonyl (C=O) groups excluding carboxylic acids is 12. The number of rotatable bonds is 26. The molecule has 506 valence electrons. The third-order valence-electron chi connectivity index (χ3n) is 13.4. The molecule has 2 fully saturated rings. The summed E-state index contributed by atoms with van der Waals surface area (Å²) >= 11 is 0. The molecule has 0 bridgehead atoms. The van der Waals surface area contributed by atoms with E-state index in [1.165, 1.54) is 18.2 Å². The van der Waals surface area contributed by atoms with E-state index >= 15 is 0 Å². The number of carboxylic acids is 2. The van der Waals surface area contributed by atoms with Crippen molar-refractivity contribution in [3.63, 3.8) is 0 Å². The van der Waals surface area contributed by atoms with E-state index in [0.29, 0.717) is 17.2 Å². The zero-order valence-electron chi connectivity index (χ0n) is 51.1. The summed E-state index contributed by atoms with van der Waals surface area (Å²) in [6.45, 7) is -1.53. The van der Waals surface area contributed by atoms with Gasteiger partial charge in [0.2, 0.25) is 47.3 Å². The van der Waals surface area contributed by atoms with Gasteiger partial charge in [0.1, 0.15) is 47.0 Å². The number of hydrogen-bond donors (Lipinski definition) is 19. The van der Waals surface area contributed by atoms with Gasteiger partial charge in [-0.2, -0.15) is 0 Å². The fourth-order valence-electron chi connectivity index (χ4n) is 8.71. The van der Waals surface area contributed by atoms with Gasteiger partial charge in [-0.05, 0) is 75.0 Å². The molecule has 0 saturated carbocycles. The number of amides is 12. The first-order valence-corrected chi connectivity index (χ1v) is 29.6. The van der Waals surface area contributed by atoms with Gasteiger partial charge in [-0.1, -0.05) is 72.8 Å². The molecule has 4 rings (SSSR count). The number of carboxylic acid groups (broad SMARTS) is 2. The van der Waals surface area contributed by atoms with E-state index < -0.39 is 150 Å². The van der Waals surface area contributed by atoms with Crippen LogP contribution in [0.1, 0.15) is 81.8 Å². The van der Waals surface area contributed by atoms with E-state index in [9.17, 15) is 77.3 Å². The van der Waals surface area contributed by atoms with E-state index in [-0.39, 0.29) is 114 Å². The second-order valence-corrected chi connectivity index (χ2v) is 21.0. The number of aliphatic imine (C=N–C) groups is 2. The highest BCUT2D eigenvalue weighted by Crippen LogP contribution is 2.12. The Labute approximate surface area is 538 Å². The first-order valence-electron chi connectivity index (χ1n) is 29.6. The van der Waals surface area contributed by atoms with Crippen LogP contribution in [0, 0.1) is 0 Å². The van der Waals surface area contributed by atoms with Crippen molar-refractivity contribution in [2.24, 2.45) is 38.7 Å². The highest BCUT2D eigenvalue weighted by molar-refractivity contribution is 6.11. The summed E-state index contributed by atoms with van der Waals surface area (Å²) < 4.78 is 0. The molecule has 2 aromatic rings. The molecule has 0 aromatic heterocycles. The smallest absolute Gasteiger partial charge is 0.330 e. The van der Waals surface area contributed by atoms with Crippen molar-refractivity contribution < 1.29 is 77.3 Å². The maximum absolute atomic E-state index is 14.2. The Morgan fingerprint density at radius 1 is 0.553 bits per heavy atom. The predicted molar refractivity (Wildman–Crippen MR) is 337 cm³/mol. The number of carbonyl (C=O) groups is 14. The SMILES string of the molecule is NC(N)=NCC/C=C1\NC(=O)CNC(=O)[C@@H](CC(=O)O)NC(=O)[C@@H](Cc2ccccc2)NC(=O)[C@@H](CCCCNC(=O)CC[C@H](N)C(=O)NCCC/C=C2/NC(=O)[C@H](CCCN=C(N)N)NC(=O)CNC(=O)/C(=C/C(=O)O)NC(=O)/C(=C\c3ccccc3)NC2=O)NC1=O. The summed E-state index contributed by atoms with van der Waals surface area (Å²) in [5.74, 6) is -14.8. The minimum Gasteiger partial charge on any atom is -0.481 e. The number of hydrogen-bond acceptors (Lipinski definition) is 17. The fraction of sp³-hybridized carbons (Fsp3) is 0.390. The van der Waals surface area contributed by atoms with Crippen LogP contribution in [0.5, 0.6) is 0 Å². The van der Waals surface area contributed by atoms with Crippen molar-refractivity contribution in [2.45, 2.75) is 107 Å². The third-order valence-corrected chi connectivity index (χ3v) is 13.4. The number of unbranched alkanes of at least 4 members (excludes halogenated alkanes) is 2. The lowest BCUT2D eigenvalue weighted by molar-refractivity contribution is -0.141. The standard InChI is InChI=1S/C59H79N19O16/c60-35(49(86)66-24-10-8-18-39-55(92)76-41(28-34-15-5-2-6-16-34)57(94)78-43(30-48(84)85)51(88)70-32-46(81)72-37(53(90)74-39)20-12-26-68-59(63)64)21-22-44(79)65-23-9-7-17-38-54(91)75-40(27-33-13-3-1-4-14-33)56(93)77-42(29-47(82)83)50(87)69-31-45(80)71-36(52(89)73-38)19-11-25-67-58(61)62/h1-6,13-16,18-19,28,30,35,37-38,40,42H,7-12,17,20-27,29,31-32,60H2,(H,65,79)(H,66,86)(H,69,87)(H,70,88)(H,71,80)(H,72,81)(H,73,89)(H,74,90)(H,75,91)(H,76,92)(H,77,93)(H,78,94)(H,82,83)(H,84,85)(H4,61,62,67)(H4,63,64,68)/b36-19-,39-18+,41-28+,43-30-/t35-,37-,38+,40+,42+/m0/s1. The van der Waals surface area contributed by atoms with Crippen molar-refractivity contribution >= 4 is 101 Å². The van der Waals surface area contributed by atoms with Crippen LogP contribution in [-0.4, -0.2) is 174 Å². The van der Waals surface area contributed by atoms with Crippen LogP contribution >= 0.6 is 0 Å². The van der Waals surface area contributed by atoms with E-state index in [1.807, 2.05) is 0 Å². The number of nitrogens with one attached hydrogen (secondary N) is 12. The molecule has 2 aliphatic rings. The van der Waals surface area contributed by atoms with Crippen LogP contribution in [0.4, 0.5) is 0 Å². The van der Waals surface area contributed by atoms with Crippen molar-refractivity contribution in [3.05, 3.63) is 113 Å². The van der Waals surface area contributed by atoms with Gasteiger partial charge < -0.3 is 103 Å². The summed E-state index contributed by atoms with van der Waals surface area (Å²) in [6.07, 6.45) is 3.21. The lowest BCUT2D eigenvalue weighted by Crippen LogP contribution is -2.57. The first-order chi connectivity index (χ1) is 44.8. The second kappa shape index (κ2) is 39.6. The number of guanidine groups is 2. The topological polar surface area (TPSA) is 579 Å². The van der Waals surface area contributed by atoms with Gasteiger partial charge in [-0.15, -0.1) is 0 Å². The summed E-state index contributed by atoms with van der Waals surface area (Å²) in [4.78, 5) is 193. The number of aliphatic carboxylic acids is 2. The molecule has 2 saturated heterocycles. The normalized spacial score (nSPS) is 20.2. The largest absolute Gasteiger partial charge is 0.481 e. The Hall–Kier alpha value is -11.5. The Morgan fingerprint density at radius 2 is 1.14 bits per heavy atom. The van der Waals surface area contributed by atoms with Gasteiger partial charge >= 0.3 is 11.9 Å². The van der Waals surface area contributed by atoms with Crippen molar-refractivity contribution in [2.75, 3.05) is 39.3 Å². The van der Waals surface area contributed by atoms with Crippen LogP contribution in [-0.2, 0) is 73.5 Å². The highest BCUT2D eigenvalue weighted by Gasteiger charge is 2.33. The summed E-state index contributed by atoms with van der Waals surface area (Å²) in [5.41, 5.74) is 26.7. The number of nitrogens with zero attached hydrogens (tertiary/aromatic N) is 2. The molecule has 35 nitrogen and oxygen atoms in total. The highest BCUT2D eigenvalue weighted by atomic mass is 16.4. The molecule has 0 unspecified atom stereocenters. The third kappa shape index (κ3) is 28.5. The second-order valence-electron chi connectivity index (χ2n) is 21.0. The molecule has 2 aliphatic heterocycles. The molecule has 24 N–H and O–H groups in total. The van der Waals surface area contributed by atoms with E-state index in [2.05, 4.69) is 73.8 Å². The lowest BCUT2D eigenvalue weighted by atomic mass is 10.0. The van der Waals surface area contributed by atoms with Crippen molar-refractivity contribution in [1.29, 1.82) is 0 Å². The molecule has 35 heteroatoms. The van der Waals surface area contributed by atoms with E-state index in [1.54, 1.807) is 60.7 Å². The van der Waals surface area contributed by atoms with Gasteiger partial charge in [-0.3, -0.25) is 72.3 Å². The molecule has 0 aliphatic carbocycles. The minimum absolute atomic E-state index is 0.00904. The molecule has 2 aromatic carbocycles. The molecule has 2 heterocycles. The van der Waals surface area contributed by atoms with Gasteiger partial charge in [0.15, 0.2) is 11.9 Å². The molecule has 0 radical (unpaired) electrons. The average molecular weight is 1310 g/mol. The van der Waals surface area contributed by atoms with Crippen LogP contribution < -0.4 is 92.5 Å². The van der Waals surface area contributed by atoms with Crippen molar-refractivity contribution in [1.82, 2.24) is 63.8 Å². The van der Waals surface area contributed by atoms with Crippen LogP contribution in [0.3, 0.4) is 0 Å². The monoisotopic (exact) mass is 1310 g/mol. The maximum Gasteiger partial charge on any atom is 0.330 e. The molecule has 0 spiro atoms. The molecular formula is C59H79N19O16. The Bertz CT molecular complexity index is 3290. The van der Waals surface area contributed by atoms with Gasteiger partial charge in [-0.25, -0.2) is 4.79 Å². The van der Waals surface area contributed by atoms with Crippen LogP contribution in [0.2, 0.25) is 0 Å². The Kier molecular flexibility index (Phi) is 31.6. The Morgan fingerprint density at radius 3 is 1.82 bits per heavy atom. The molecule has 5 atom stereocenters. The van der Waals surface area contributed by atoms with Gasteiger partial charge in [0.05, 0.1) is 31.6 Å². The predicted octanol–water partition coefficient (Wildman–Crippen LogP) is -5.85. The Balaban J connectivity index is 1.43. The van der Waals surface area contributed by atoms with Crippen molar-refractivity contribution in [3.8, 4) is 0 Å². The first kappa shape index (κ1) is 74.9. The number of benzene rings is 2. The van der Waals surface area contributed by atoms with Crippen LogP contribution in [0.15, 0.2) is 112 Å². The lowest BCUT2D eigenvalue weighted by Gasteiger charge is -2.25. The zero-order chi connectivity index (χ0) is 69.1. The summed E-state index contributed by atoms with van der Waals surface area (Å²) in [6, 6.07) is 9.38. The quantitative estimate of drug-likeness (QED) is 0.0181. The summed E-state index contributed by atoms with van der Waals surface area (Å²) in [5, 5.41) is 48.2. The summed E-state index contributed by atoms with van der Waals surface area (Å²) in [7, 11) is 0. The number of allylic oxidation sites excluding steroid dienone is 1. The number of nitrogens with two attached hydrogens (primary N) is 5. The molecule has 94 heavy (non-hydrogen) atoms. The fourth-order valence-corrected chi connectivity index (χ4v) is 8.71.